The number of nitrogens with one attached hydrogen (secondary N) is 1. The van der Waals surface area contributed by atoms with Crippen LogP contribution in [0.3, 0.4) is 0 Å². The summed E-state index contributed by atoms with van der Waals surface area (Å²) in [7, 11) is 0. The standard InChI is InChI=1S/C12H25N3/c1-10-3-2-4-11(7-10)15-6-5-14-9-12(15)8-13/h10-12,14H,2-9,13H2,1H3. The van der Waals surface area contributed by atoms with Gasteiger partial charge in [-0.1, -0.05) is 19.8 Å². The molecule has 1 aliphatic heterocycles. The first-order chi connectivity index (χ1) is 7.31. The lowest BCUT2D eigenvalue weighted by molar-refractivity contribution is 0.0733. The molecule has 0 aromatic rings. The average Bonchev–Trinajstić information content (AvgIpc) is 2.29. The van der Waals surface area contributed by atoms with Crippen molar-refractivity contribution in [3.05, 3.63) is 0 Å². The normalized spacial score (nSPS) is 39.2. The quantitative estimate of drug-likeness (QED) is 0.710. The molecule has 2 fully saturated rings. The summed E-state index contributed by atoms with van der Waals surface area (Å²) in [6, 6.07) is 1.39. The van der Waals surface area contributed by atoms with Crippen LogP contribution in [-0.4, -0.2) is 43.2 Å². The highest BCUT2D eigenvalue weighted by Gasteiger charge is 2.30. The van der Waals surface area contributed by atoms with Gasteiger partial charge in [0.1, 0.15) is 0 Å². The molecule has 2 aliphatic rings. The number of nitrogens with zero attached hydrogens (tertiary/aromatic N) is 1. The van der Waals surface area contributed by atoms with Crippen molar-refractivity contribution >= 4 is 0 Å². The second-order valence-corrected chi connectivity index (χ2v) is 5.26. The van der Waals surface area contributed by atoms with Crippen molar-refractivity contribution in [2.75, 3.05) is 26.2 Å². The minimum atomic E-state index is 0.578. The van der Waals surface area contributed by atoms with E-state index in [-0.39, 0.29) is 0 Å². The van der Waals surface area contributed by atoms with Gasteiger partial charge in [0.2, 0.25) is 0 Å². The van der Waals surface area contributed by atoms with Gasteiger partial charge < -0.3 is 11.1 Å². The van der Waals surface area contributed by atoms with Crippen LogP contribution < -0.4 is 11.1 Å². The van der Waals surface area contributed by atoms with Crippen LogP contribution in [0.1, 0.15) is 32.6 Å². The summed E-state index contributed by atoms with van der Waals surface area (Å²) in [5, 5.41) is 3.44. The van der Waals surface area contributed by atoms with E-state index in [0.29, 0.717) is 6.04 Å². The van der Waals surface area contributed by atoms with Crippen LogP contribution in [0.5, 0.6) is 0 Å². The average molecular weight is 211 g/mol. The monoisotopic (exact) mass is 211 g/mol. The maximum absolute atomic E-state index is 5.85. The first-order valence-electron chi connectivity index (χ1n) is 6.47. The molecule has 0 aromatic carbocycles. The molecule has 1 aliphatic carbocycles. The highest BCUT2D eigenvalue weighted by atomic mass is 15.2. The van der Waals surface area contributed by atoms with Crippen LogP contribution >= 0.6 is 0 Å². The summed E-state index contributed by atoms with van der Waals surface area (Å²) in [4.78, 5) is 2.67. The lowest BCUT2D eigenvalue weighted by Gasteiger charge is -2.43. The number of hydrogen-bond donors (Lipinski definition) is 2. The van der Waals surface area contributed by atoms with Gasteiger partial charge in [0.15, 0.2) is 0 Å². The van der Waals surface area contributed by atoms with E-state index in [1.54, 1.807) is 0 Å². The summed E-state index contributed by atoms with van der Waals surface area (Å²) in [6.45, 7) is 6.62. The summed E-state index contributed by atoms with van der Waals surface area (Å²) in [5.41, 5.74) is 5.85. The Morgan fingerprint density at radius 3 is 3.00 bits per heavy atom. The zero-order valence-electron chi connectivity index (χ0n) is 9.91. The van der Waals surface area contributed by atoms with Crippen molar-refractivity contribution in [2.45, 2.75) is 44.7 Å². The van der Waals surface area contributed by atoms with Crippen molar-refractivity contribution in [1.82, 2.24) is 10.2 Å². The molecule has 1 saturated carbocycles. The molecule has 2 rings (SSSR count). The molecule has 88 valence electrons. The minimum absolute atomic E-state index is 0.578. The van der Waals surface area contributed by atoms with Gasteiger partial charge in [-0.15, -0.1) is 0 Å². The van der Waals surface area contributed by atoms with Gasteiger partial charge >= 0.3 is 0 Å². The SMILES string of the molecule is CC1CCCC(N2CCNCC2CN)C1. The molecule has 0 amide bonds. The number of piperazine rings is 1. The summed E-state index contributed by atoms with van der Waals surface area (Å²) >= 11 is 0. The molecule has 0 spiro atoms. The van der Waals surface area contributed by atoms with Crippen LogP contribution in [0.15, 0.2) is 0 Å². The Morgan fingerprint density at radius 2 is 2.27 bits per heavy atom. The maximum Gasteiger partial charge on any atom is 0.0346 e. The van der Waals surface area contributed by atoms with E-state index in [2.05, 4.69) is 17.1 Å². The van der Waals surface area contributed by atoms with E-state index in [1.807, 2.05) is 0 Å². The minimum Gasteiger partial charge on any atom is -0.329 e. The molecule has 0 aromatic heterocycles. The lowest BCUT2D eigenvalue weighted by atomic mass is 9.85. The van der Waals surface area contributed by atoms with Crippen molar-refractivity contribution in [1.29, 1.82) is 0 Å². The molecule has 0 bridgehead atoms. The first kappa shape index (κ1) is 11.4. The molecule has 3 nitrogen and oxygen atoms in total. The molecule has 1 heterocycles. The Hall–Kier alpha value is -0.120. The zero-order valence-corrected chi connectivity index (χ0v) is 9.91. The Labute approximate surface area is 93.4 Å². The maximum atomic E-state index is 5.85. The first-order valence-corrected chi connectivity index (χ1v) is 6.47. The van der Waals surface area contributed by atoms with E-state index >= 15 is 0 Å². The third-order valence-electron chi connectivity index (χ3n) is 4.05. The molecule has 3 unspecified atom stereocenters. The Kier molecular flexibility index (Phi) is 4.00. The number of hydrogen-bond acceptors (Lipinski definition) is 3. The second-order valence-electron chi connectivity index (χ2n) is 5.26. The summed E-state index contributed by atoms with van der Waals surface area (Å²) in [6.07, 6.45) is 5.61. The molecule has 15 heavy (non-hydrogen) atoms. The van der Waals surface area contributed by atoms with Gasteiger partial charge in [-0.3, -0.25) is 4.90 Å². The van der Waals surface area contributed by atoms with Gasteiger partial charge in [0.25, 0.3) is 0 Å². The largest absolute Gasteiger partial charge is 0.329 e. The fourth-order valence-corrected chi connectivity index (χ4v) is 3.18. The highest BCUT2D eigenvalue weighted by molar-refractivity contribution is 4.88. The van der Waals surface area contributed by atoms with Gasteiger partial charge in [0, 0.05) is 38.3 Å². The fraction of sp³-hybridized carbons (Fsp3) is 1.00. The number of nitrogens with two attached hydrogens (primary N) is 1. The molecule has 0 radical (unpaired) electrons. The number of rotatable bonds is 2. The van der Waals surface area contributed by atoms with Crippen molar-refractivity contribution in [3.63, 3.8) is 0 Å². The predicted molar refractivity (Wildman–Crippen MR) is 63.8 cm³/mol. The molecule has 3 atom stereocenters. The van der Waals surface area contributed by atoms with Crippen LogP contribution in [0.25, 0.3) is 0 Å². The topological polar surface area (TPSA) is 41.3 Å². The fourth-order valence-electron chi connectivity index (χ4n) is 3.18. The molecular weight excluding hydrogens is 186 g/mol. The van der Waals surface area contributed by atoms with Crippen LogP contribution in [-0.2, 0) is 0 Å². The van der Waals surface area contributed by atoms with Gasteiger partial charge in [-0.2, -0.15) is 0 Å². The Balaban J connectivity index is 1.94. The van der Waals surface area contributed by atoms with E-state index in [0.717, 1.165) is 31.6 Å². The van der Waals surface area contributed by atoms with Crippen molar-refractivity contribution < 1.29 is 0 Å². The van der Waals surface area contributed by atoms with Crippen LogP contribution in [0.4, 0.5) is 0 Å². The molecule has 3 heteroatoms. The summed E-state index contributed by atoms with van der Waals surface area (Å²) in [5.74, 6) is 0.914. The van der Waals surface area contributed by atoms with E-state index in [1.165, 1.54) is 32.2 Å². The van der Waals surface area contributed by atoms with E-state index < -0.39 is 0 Å². The molecule has 3 N–H and O–H groups in total. The lowest BCUT2D eigenvalue weighted by Crippen LogP contribution is -2.58. The Morgan fingerprint density at radius 1 is 1.40 bits per heavy atom. The van der Waals surface area contributed by atoms with E-state index in [9.17, 15) is 0 Å². The highest BCUT2D eigenvalue weighted by Crippen LogP contribution is 2.28. The van der Waals surface area contributed by atoms with E-state index in [4.69, 9.17) is 5.73 Å². The second kappa shape index (κ2) is 5.28. The third-order valence-corrected chi connectivity index (χ3v) is 4.05. The van der Waals surface area contributed by atoms with Crippen molar-refractivity contribution in [3.8, 4) is 0 Å². The van der Waals surface area contributed by atoms with Gasteiger partial charge in [-0.05, 0) is 18.8 Å². The predicted octanol–water partition coefficient (Wildman–Crippen LogP) is 0.798. The summed E-state index contributed by atoms with van der Waals surface area (Å²) < 4.78 is 0. The van der Waals surface area contributed by atoms with Crippen LogP contribution in [0.2, 0.25) is 0 Å². The Bertz CT molecular complexity index is 195. The zero-order chi connectivity index (χ0) is 10.7. The van der Waals surface area contributed by atoms with Gasteiger partial charge in [-0.25, -0.2) is 0 Å². The smallest absolute Gasteiger partial charge is 0.0346 e. The molecular formula is C12H25N3. The third kappa shape index (κ3) is 2.71. The van der Waals surface area contributed by atoms with Gasteiger partial charge in [0.05, 0.1) is 0 Å². The van der Waals surface area contributed by atoms with Crippen molar-refractivity contribution in [2.24, 2.45) is 11.7 Å². The van der Waals surface area contributed by atoms with Crippen LogP contribution in [0, 0.1) is 5.92 Å². The molecule has 1 saturated heterocycles.